The predicted molar refractivity (Wildman–Crippen MR) is 129 cm³/mol. The highest BCUT2D eigenvalue weighted by Crippen LogP contribution is 2.27. The smallest absolute Gasteiger partial charge is 0.340 e. The molecule has 0 radical (unpaired) electrons. The minimum Gasteiger partial charge on any atom is -0.493 e. The molecule has 2 N–H and O–H groups in total. The lowest BCUT2D eigenvalue weighted by molar-refractivity contribution is -0.125. The number of hydrogen-bond donors (Lipinski definition) is 2. The molecule has 182 valence electrons. The van der Waals surface area contributed by atoms with Gasteiger partial charge in [-0.3, -0.25) is 25.2 Å². The first-order chi connectivity index (χ1) is 16.8. The van der Waals surface area contributed by atoms with Gasteiger partial charge < -0.3 is 19.1 Å². The van der Waals surface area contributed by atoms with Gasteiger partial charge in [0.2, 0.25) is 0 Å². The van der Waals surface area contributed by atoms with Gasteiger partial charge in [-0.25, -0.2) is 4.79 Å². The fourth-order valence-electron chi connectivity index (χ4n) is 3.03. The first-order valence-electron chi connectivity index (χ1n) is 10.2. The average Bonchev–Trinajstić information content (AvgIpc) is 3.44. The number of benzene rings is 2. The molecule has 3 rings (SSSR count). The molecule has 1 aromatic heterocycles. The molecule has 0 atom stereocenters. The van der Waals surface area contributed by atoms with E-state index in [0.717, 1.165) is 0 Å². The predicted octanol–water partition coefficient (Wildman–Crippen LogP) is 2.66. The number of anilines is 1. The summed E-state index contributed by atoms with van der Waals surface area (Å²) in [4.78, 5) is 51.5. The Morgan fingerprint density at radius 1 is 0.914 bits per heavy atom. The summed E-state index contributed by atoms with van der Waals surface area (Å²) in [6.45, 7) is -0.651. The number of nitrogens with zero attached hydrogens (tertiary/aromatic N) is 1. The van der Waals surface area contributed by atoms with Crippen molar-refractivity contribution in [3.8, 4) is 11.5 Å². The van der Waals surface area contributed by atoms with Crippen molar-refractivity contribution < 1.29 is 33.4 Å². The number of hydrogen-bond acceptors (Lipinski definition) is 8. The molecule has 0 aliphatic carbocycles. The van der Waals surface area contributed by atoms with E-state index in [4.69, 9.17) is 14.2 Å². The molecule has 0 aliphatic rings. The van der Waals surface area contributed by atoms with Gasteiger partial charge in [-0.1, -0.05) is 18.2 Å². The maximum Gasteiger partial charge on any atom is 0.340 e. The van der Waals surface area contributed by atoms with Crippen LogP contribution in [-0.2, 0) is 9.53 Å². The number of ether oxygens (including phenoxy) is 3. The van der Waals surface area contributed by atoms with E-state index >= 15 is 0 Å². The summed E-state index contributed by atoms with van der Waals surface area (Å²) in [6.07, 6.45) is 0. The summed E-state index contributed by atoms with van der Waals surface area (Å²) in [6, 6.07) is 14.3. The van der Waals surface area contributed by atoms with E-state index in [1.165, 1.54) is 48.7 Å². The lowest BCUT2D eigenvalue weighted by Gasteiger charge is -2.19. The Bertz CT molecular complexity index is 1230. The summed E-state index contributed by atoms with van der Waals surface area (Å²) in [5, 5.41) is 1.78. The van der Waals surface area contributed by atoms with Gasteiger partial charge in [-0.2, -0.15) is 0 Å². The normalized spacial score (nSPS) is 10.1. The van der Waals surface area contributed by atoms with Crippen molar-refractivity contribution in [3.05, 3.63) is 76.0 Å². The standard InChI is InChI=1S/C24H23N3O7S/c1-27(23(30)20-9-6-12-35-20)17-8-5-4-7-16(17)24(31)34-14-21(28)25-26-22(29)15-10-11-18(32-2)19(13-15)33-3/h4-13H,14H2,1-3H3,(H,25,28)(H,26,29). The molecular formula is C24H23N3O7S. The minimum atomic E-state index is -0.798. The van der Waals surface area contributed by atoms with Gasteiger partial charge in [0.15, 0.2) is 18.1 Å². The van der Waals surface area contributed by atoms with Crippen LogP contribution in [0.25, 0.3) is 0 Å². The van der Waals surface area contributed by atoms with Gasteiger partial charge in [0.25, 0.3) is 17.7 Å². The second-order valence-electron chi connectivity index (χ2n) is 7.01. The zero-order valence-corrected chi connectivity index (χ0v) is 20.0. The van der Waals surface area contributed by atoms with Crippen molar-refractivity contribution in [2.45, 2.75) is 0 Å². The van der Waals surface area contributed by atoms with Crippen LogP contribution in [0.5, 0.6) is 11.5 Å². The van der Waals surface area contributed by atoms with Crippen LogP contribution < -0.4 is 25.2 Å². The van der Waals surface area contributed by atoms with Gasteiger partial charge in [-0.15, -0.1) is 11.3 Å². The minimum absolute atomic E-state index is 0.113. The lowest BCUT2D eigenvalue weighted by Crippen LogP contribution is -2.43. The number of rotatable bonds is 8. The number of thiophene rings is 1. The number of hydrazine groups is 1. The van der Waals surface area contributed by atoms with Crippen LogP contribution in [0.2, 0.25) is 0 Å². The highest BCUT2D eigenvalue weighted by Gasteiger charge is 2.21. The van der Waals surface area contributed by atoms with Crippen molar-refractivity contribution >= 4 is 40.7 Å². The number of methoxy groups -OCH3 is 2. The van der Waals surface area contributed by atoms with Gasteiger partial charge in [0, 0.05) is 12.6 Å². The highest BCUT2D eigenvalue weighted by atomic mass is 32.1. The van der Waals surface area contributed by atoms with Crippen molar-refractivity contribution in [3.63, 3.8) is 0 Å². The van der Waals surface area contributed by atoms with Gasteiger partial charge in [0.1, 0.15) is 0 Å². The van der Waals surface area contributed by atoms with Gasteiger partial charge in [0.05, 0.1) is 30.3 Å². The highest BCUT2D eigenvalue weighted by molar-refractivity contribution is 7.12. The van der Waals surface area contributed by atoms with Crippen molar-refractivity contribution in [2.24, 2.45) is 0 Å². The van der Waals surface area contributed by atoms with E-state index in [2.05, 4.69) is 10.9 Å². The van der Waals surface area contributed by atoms with Crippen molar-refractivity contribution in [2.75, 3.05) is 32.8 Å². The number of amides is 3. The SMILES string of the molecule is COc1ccc(C(=O)NNC(=O)COC(=O)c2ccccc2N(C)C(=O)c2cccs2)cc1OC. The molecule has 0 fully saturated rings. The van der Waals surface area contributed by atoms with Crippen LogP contribution in [0.4, 0.5) is 5.69 Å². The molecule has 3 aromatic rings. The zero-order chi connectivity index (χ0) is 25.4. The van der Waals surface area contributed by atoms with E-state index in [9.17, 15) is 19.2 Å². The van der Waals surface area contributed by atoms with Crippen molar-refractivity contribution in [1.82, 2.24) is 10.9 Å². The Hall–Kier alpha value is -4.38. The summed E-state index contributed by atoms with van der Waals surface area (Å²) >= 11 is 1.28. The quantitative estimate of drug-likeness (QED) is 0.362. The van der Waals surface area contributed by atoms with Gasteiger partial charge >= 0.3 is 5.97 Å². The first kappa shape index (κ1) is 25.2. The molecular weight excluding hydrogens is 474 g/mol. The molecule has 0 aliphatic heterocycles. The molecule has 11 heteroatoms. The zero-order valence-electron chi connectivity index (χ0n) is 19.2. The lowest BCUT2D eigenvalue weighted by atomic mass is 10.1. The number of para-hydroxylation sites is 1. The van der Waals surface area contributed by atoms with Crippen LogP contribution in [0, 0.1) is 0 Å². The fourth-order valence-corrected chi connectivity index (χ4v) is 3.73. The van der Waals surface area contributed by atoms with E-state index in [0.29, 0.717) is 22.1 Å². The topological polar surface area (TPSA) is 123 Å². The maximum atomic E-state index is 12.7. The Labute approximate surface area is 205 Å². The van der Waals surface area contributed by atoms with Crippen LogP contribution in [0.3, 0.4) is 0 Å². The van der Waals surface area contributed by atoms with Crippen LogP contribution in [-0.4, -0.2) is 51.6 Å². The summed E-state index contributed by atoms with van der Waals surface area (Å²) in [5.74, 6) is -1.65. The van der Waals surface area contributed by atoms with Crippen LogP contribution in [0.15, 0.2) is 60.0 Å². The average molecular weight is 498 g/mol. The van der Waals surface area contributed by atoms with E-state index in [-0.39, 0.29) is 17.0 Å². The van der Waals surface area contributed by atoms with E-state index in [1.54, 1.807) is 48.8 Å². The molecule has 0 saturated carbocycles. The second kappa shape index (κ2) is 11.7. The molecule has 2 aromatic carbocycles. The van der Waals surface area contributed by atoms with Gasteiger partial charge in [-0.05, 0) is 41.8 Å². The fraction of sp³-hybridized carbons (Fsp3) is 0.167. The van der Waals surface area contributed by atoms with Crippen LogP contribution in [0.1, 0.15) is 30.4 Å². The molecule has 0 spiro atoms. The molecule has 10 nitrogen and oxygen atoms in total. The molecule has 0 unspecified atom stereocenters. The van der Waals surface area contributed by atoms with Crippen molar-refractivity contribution in [1.29, 1.82) is 0 Å². The first-order valence-corrected chi connectivity index (χ1v) is 11.1. The number of nitrogens with one attached hydrogen (secondary N) is 2. The summed E-state index contributed by atoms with van der Waals surface area (Å²) in [5.41, 5.74) is 5.07. The third kappa shape index (κ3) is 6.15. The second-order valence-corrected chi connectivity index (χ2v) is 7.95. The Morgan fingerprint density at radius 3 is 2.34 bits per heavy atom. The number of carbonyl (C=O) groups excluding carboxylic acids is 4. The number of carbonyl (C=O) groups is 4. The Kier molecular flexibility index (Phi) is 8.41. The molecule has 0 saturated heterocycles. The molecule has 1 heterocycles. The molecule has 0 bridgehead atoms. The third-order valence-electron chi connectivity index (χ3n) is 4.82. The van der Waals surface area contributed by atoms with E-state index < -0.39 is 24.4 Å². The summed E-state index contributed by atoms with van der Waals surface area (Å²) < 4.78 is 15.3. The Balaban J connectivity index is 1.57. The molecule has 35 heavy (non-hydrogen) atoms. The molecule has 3 amide bonds. The Morgan fingerprint density at radius 2 is 1.66 bits per heavy atom. The summed E-state index contributed by atoms with van der Waals surface area (Å²) in [7, 11) is 4.45. The van der Waals surface area contributed by atoms with Crippen LogP contribution >= 0.6 is 11.3 Å². The number of esters is 1. The van der Waals surface area contributed by atoms with E-state index in [1.807, 2.05) is 0 Å². The largest absolute Gasteiger partial charge is 0.493 e. The third-order valence-corrected chi connectivity index (χ3v) is 5.68. The monoisotopic (exact) mass is 497 g/mol. The maximum absolute atomic E-state index is 12.7.